The van der Waals surface area contributed by atoms with Crippen molar-refractivity contribution in [2.45, 2.75) is 71.3 Å². The van der Waals surface area contributed by atoms with Gasteiger partial charge >= 0.3 is 0 Å². The van der Waals surface area contributed by atoms with E-state index in [0.717, 1.165) is 25.9 Å². The number of nitrogens with two attached hydrogens (primary N) is 1. The molecule has 128 valence electrons. The number of halogens is 1. The van der Waals surface area contributed by atoms with Crippen LogP contribution in [0.5, 0.6) is 0 Å². The molecule has 3 fully saturated rings. The monoisotopic (exact) mass is 328 g/mol. The molecule has 1 amide bonds. The van der Waals surface area contributed by atoms with Crippen molar-refractivity contribution >= 4 is 18.3 Å². The van der Waals surface area contributed by atoms with Crippen LogP contribution < -0.4 is 5.73 Å². The summed E-state index contributed by atoms with van der Waals surface area (Å²) in [6, 6.07) is 0.368. The summed E-state index contributed by atoms with van der Waals surface area (Å²) in [6.45, 7) is 6.60. The summed E-state index contributed by atoms with van der Waals surface area (Å²) >= 11 is 0. The summed E-state index contributed by atoms with van der Waals surface area (Å²) in [7, 11) is 0. The molecule has 3 nitrogen and oxygen atoms in total. The molecule has 2 bridgehead atoms. The average Bonchev–Trinajstić information content (AvgIpc) is 2.47. The number of carbonyl (C=O) groups excluding carboxylic acids is 1. The van der Waals surface area contributed by atoms with Gasteiger partial charge in [0.05, 0.1) is 0 Å². The van der Waals surface area contributed by atoms with E-state index in [1.165, 1.54) is 38.5 Å². The predicted molar refractivity (Wildman–Crippen MR) is 93.0 cm³/mol. The van der Waals surface area contributed by atoms with Crippen molar-refractivity contribution in [3.05, 3.63) is 0 Å². The molecule has 0 aromatic heterocycles. The molecule has 2 unspecified atom stereocenters. The number of amides is 1. The van der Waals surface area contributed by atoms with E-state index in [2.05, 4.69) is 18.7 Å². The molecule has 0 aromatic rings. The molecule has 3 aliphatic rings. The van der Waals surface area contributed by atoms with E-state index >= 15 is 0 Å². The lowest BCUT2D eigenvalue weighted by Gasteiger charge is -2.46. The molecule has 0 radical (unpaired) electrons. The Morgan fingerprint density at radius 3 is 2.23 bits per heavy atom. The van der Waals surface area contributed by atoms with E-state index in [0.29, 0.717) is 29.2 Å². The quantitative estimate of drug-likeness (QED) is 0.841. The molecule has 1 heterocycles. The molecule has 0 aromatic carbocycles. The number of nitrogens with zero attached hydrogens (tertiary/aromatic N) is 1. The number of fused-ring (bicyclic) bond motifs is 2. The van der Waals surface area contributed by atoms with Crippen LogP contribution in [0.25, 0.3) is 0 Å². The zero-order valence-corrected chi connectivity index (χ0v) is 15.0. The Bertz CT molecular complexity index is 379. The molecule has 0 spiro atoms. The van der Waals surface area contributed by atoms with Crippen LogP contribution in [0.2, 0.25) is 0 Å². The largest absolute Gasteiger partial charge is 0.342 e. The lowest BCUT2D eigenvalue weighted by Crippen LogP contribution is -2.51. The Hall–Kier alpha value is -0.280. The van der Waals surface area contributed by atoms with Gasteiger partial charge in [-0.2, -0.15) is 0 Å². The number of likely N-dealkylation sites (tertiary alicyclic amines) is 1. The minimum Gasteiger partial charge on any atom is -0.342 e. The molecular formula is C18H33ClN2O. The summed E-state index contributed by atoms with van der Waals surface area (Å²) in [5.74, 6) is 1.93. The number of piperidine rings is 1. The molecule has 1 saturated heterocycles. The van der Waals surface area contributed by atoms with Gasteiger partial charge in [-0.05, 0) is 55.8 Å². The number of rotatable bonds is 2. The Balaban J connectivity index is 0.00000176. The molecular weight excluding hydrogens is 296 g/mol. The first-order valence-electron chi connectivity index (χ1n) is 9.07. The molecule has 2 saturated carbocycles. The van der Waals surface area contributed by atoms with E-state index in [9.17, 15) is 4.79 Å². The first-order chi connectivity index (χ1) is 10.0. The fraction of sp³-hybridized carbons (Fsp3) is 0.944. The van der Waals surface area contributed by atoms with Gasteiger partial charge in [0.25, 0.3) is 0 Å². The molecule has 1 aliphatic heterocycles. The topological polar surface area (TPSA) is 46.3 Å². The summed E-state index contributed by atoms with van der Waals surface area (Å²) in [4.78, 5) is 15.0. The maximum atomic E-state index is 12.9. The van der Waals surface area contributed by atoms with Crippen LogP contribution >= 0.6 is 12.4 Å². The maximum Gasteiger partial charge on any atom is 0.225 e. The van der Waals surface area contributed by atoms with Gasteiger partial charge in [-0.1, -0.05) is 26.7 Å². The van der Waals surface area contributed by atoms with Crippen molar-refractivity contribution in [3.63, 3.8) is 0 Å². The van der Waals surface area contributed by atoms with Gasteiger partial charge in [0.1, 0.15) is 0 Å². The van der Waals surface area contributed by atoms with Crippen LogP contribution in [-0.4, -0.2) is 29.9 Å². The van der Waals surface area contributed by atoms with Crippen molar-refractivity contribution in [1.82, 2.24) is 4.90 Å². The van der Waals surface area contributed by atoms with Gasteiger partial charge < -0.3 is 10.6 Å². The van der Waals surface area contributed by atoms with Gasteiger partial charge in [0.2, 0.25) is 5.91 Å². The van der Waals surface area contributed by atoms with Crippen molar-refractivity contribution in [2.24, 2.45) is 28.9 Å². The van der Waals surface area contributed by atoms with E-state index in [-0.39, 0.29) is 18.3 Å². The van der Waals surface area contributed by atoms with Gasteiger partial charge in [-0.15, -0.1) is 12.4 Å². The van der Waals surface area contributed by atoms with Crippen LogP contribution in [0.1, 0.15) is 65.2 Å². The molecule has 2 aliphatic carbocycles. The van der Waals surface area contributed by atoms with E-state index in [4.69, 9.17) is 5.73 Å². The SMILES string of the molecule is CCC1(C)CCN(C(=O)C2CC3CCCC(C2)C3N)CC1.Cl. The fourth-order valence-corrected chi connectivity index (χ4v) is 4.87. The lowest BCUT2D eigenvalue weighted by atomic mass is 9.64. The van der Waals surface area contributed by atoms with Crippen molar-refractivity contribution in [3.8, 4) is 0 Å². The van der Waals surface area contributed by atoms with Crippen molar-refractivity contribution in [1.29, 1.82) is 0 Å². The molecule has 22 heavy (non-hydrogen) atoms. The number of carbonyl (C=O) groups is 1. The highest BCUT2D eigenvalue weighted by Crippen LogP contribution is 2.43. The Labute approximate surface area is 141 Å². The van der Waals surface area contributed by atoms with Gasteiger partial charge in [0.15, 0.2) is 0 Å². The molecule has 2 N–H and O–H groups in total. The Kier molecular flexibility index (Phi) is 5.82. The lowest BCUT2D eigenvalue weighted by molar-refractivity contribution is -0.140. The van der Waals surface area contributed by atoms with Crippen LogP contribution in [0.15, 0.2) is 0 Å². The van der Waals surface area contributed by atoms with Crippen LogP contribution in [0.4, 0.5) is 0 Å². The van der Waals surface area contributed by atoms with Crippen molar-refractivity contribution in [2.75, 3.05) is 13.1 Å². The highest BCUT2D eigenvalue weighted by Gasteiger charge is 2.42. The van der Waals surface area contributed by atoms with Crippen molar-refractivity contribution < 1.29 is 4.79 Å². The zero-order chi connectivity index (χ0) is 15.0. The summed E-state index contributed by atoms with van der Waals surface area (Å²) in [5, 5.41) is 0. The van der Waals surface area contributed by atoms with E-state index < -0.39 is 0 Å². The van der Waals surface area contributed by atoms with Gasteiger partial charge in [0, 0.05) is 25.0 Å². The standard InChI is InChI=1S/C18H32N2O.ClH/c1-3-18(2)7-9-20(10-8-18)17(21)15-11-13-5-4-6-14(12-15)16(13)19;/h13-16H,3-12,19H2,1-2H3;1H. The van der Waals surface area contributed by atoms with Crippen LogP contribution in [0.3, 0.4) is 0 Å². The minimum atomic E-state index is 0. The predicted octanol–water partition coefficient (Wildman–Crippen LogP) is 3.60. The first-order valence-corrected chi connectivity index (χ1v) is 9.07. The second-order valence-corrected chi connectivity index (χ2v) is 8.19. The molecule has 4 heteroatoms. The smallest absolute Gasteiger partial charge is 0.225 e. The second-order valence-electron chi connectivity index (χ2n) is 8.19. The number of hydrogen-bond donors (Lipinski definition) is 1. The Morgan fingerprint density at radius 1 is 1.18 bits per heavy atom. The summed E-state index contributed by atoms with van der Waals surface area (Å²) < 4.78 is 0. The third-order valence-electron chi connectivity index (χ3n) is 6.90. The van der Waals surface area contributed by atoms with E-state index in [1.54, 1.807) is 0 Å². The number of hydrogen-bond acceptors (Lipinski definition) is 2. The van der Waals surface area contributed by atoms with Crippen LogP contribution in [-0.2, 0) is 4.79 Å². The van der Waals surface area contributed by atoms with Gasteiger partial charge in [-0.3, -0.25) is 4.79 Å². The van der Waals surface area contributed by atoms with Gasteiger partial charge in [-0.25, -0.2) is 0 Å². The fourth-order valence-electron chi connectivity index (χ4n) is 4.87. The molecule has 2 atom stereocenters. The average molecular weight is 329 g/mol. The van der Waals surface area contributed by atoms with E-state index in [1.807, 2.05) is 0 Å². The minimum absolute atomic E-state index is 0. The maximum absolute atomic E-state index is 12.9. The molecule has 3 rings (SSSR count). The second kappa shape index (κ2) is 7.09. The van der Waals surface area contributed by atoms with Crippen LogP contribution in [0, 0.1) is 23.2 Å². The summed E-state index contributed by atoms with van der Waals surface area (Å²) in [6.07, 6.45) is 9.50. The third-order valence-corrected chi connectivity index (χ3v) is 6.90. The third kappa shape index (κ3) is 3.46. The highest BCUT2D eigenvalue weighted by atomic mass is 35.5. The Morgan fingerprint density at radius 2 is 1.73 bits per heavy atom. The normalized spacial score (nSPS) is 37.3. The zero-order valence-electron chi connectivity index (χ0n) is 14.2. The highest BCUT2D eigenvalue weighted by molar-refractivity contribution is 5.85. The summed E-state index contributed by atoms with van der Waals surface area (Å²) in [5.41, 5.74) is 6.81. The first kappa shape index (κ1) is 18.1.